The fourth-order valence-corrected chi connectivity index (χ4v) is 4.74. The highest BCUT2D eigenvalue weighted by Gasteiger charge is 2.14. The molecule has 0 aliphatic rings. The highest BCUT2D eigenvalue weighted by Crippen LogP contribution is 2.38. The summed E-state index contributed by atoms with van der Waals surface area (Å²) in [6.07, 6.45) is 0. The summed E-state index contributed by atoms with van der Waals surface area (Å²) in [5, 5.41) is 2.45. The van der Waals surface area contributed by atoms with Crippen molar-refractivity contribution in [2.24, 2.45) is 0 Å². The Labute approximate surface area is 213 Å². The van der Waals surface area contributed by atoms with Crippen LogP contribution in [-0.2, 0) is 0 Å². The summed E-state index contributed by atoms with van der Waals surface area (Å²) in [5.74, 6) is 0. The van der Waals surface area contributed by atoms with Gasteiger partial charge in [0.1, 0.15) is 7.85 Å². The molecule has 0 bridgehead atoms. The molecule has 0 saturated carbocycles. The van der Waals surface area contributed by atoms with Gasteiger partial charge in [0.25, 0.3) is 0 Å². The molecule has 6 rings (SSSR count). The summed E-state index contributed by atoms with van der Waals surface area (Å²) in [6.45, 7) is 0. The minimum absolute atomic E-state index is 0.765. The van der Waals surface area contributed by atoms with Crippen molar-refractivity contribution in [1.29, 1.82) is 0 Å². The van der Waals surface area contributed by atoms with Gasteiger partial charge >= 0.3 is 0 Å². The maximum absolute atomic E-state index is 6.08. The van der Waals surface area contributed by atoms with Gasteiger partial charge in [-0.1, -0.05) is 115 Å². The van der Waals surface area contributed by atoms with Crippen LogP contribution in [0.5, 0.6) is 0 Å². The van der Waals surface area contributed by atoms with Crippen molar-refractivity contribution in [1.82, 2.24) is 0 Å². The second-order valence-electron chi connectivity index (χ2n) is 8.96. The van der Waals surface area contributed by atoms with E-state index >= 15 is 0 Å². The minimum atomic E-state index is 0.765. The molecule has 0 N–H and O–H groups in total. The van der Waals surface area contributed by atoms with Crippen molar-refractivity contribution in [3.8, 4) is 22.3 Å². The summed E-state index contributed by atoms with van der Waals surface area (Å²) < 4.78 is 0. The highest BCUT2D eigenvalue weighted by molar-refractivity contribution is 6.32. The van der Waals surface area contributed by atoms with E-state index in [1.54, 1.807) is 0 Å². The van der Waals surface area contributed by atoms with E-state index in [-0.39, 0.29) is 0 Å². The summed E-state index contributed by atoms with van der Waals surface area (Å²) in [5.41, 5.74) is 8.73. The molecule has 6 aromatic carbocycles. The van der Waals surface area contributed by atoms with Gasteiger partial charge in [-0.2, -0.15) is 0 Å². The highest BCUT2D eigenvalue weighted by atomic mass is 15.1. The standard InChI is InChI=1S/C34H24BN/c35-31-14-6-12-28(22-31)30-13-7-15-33(24-30)36(34-21-18-26-10-4-5-11-29(26)23-34)32-19-16-27(17-20-32)25-8-2-1-3-9-25/h1-24H. The van der Waals surface area contributed by atoms with Crippen molar-refractivity contribution < 1.29 is 0 Å². The van der Waals surface area contributed by atoms with Gasteiger partial charge in [-0.3, -0.25) is 0 Å². The molecule has 168 valence electrons. The van der Waals surface area contributed by atoms with Crippen LogP contribution in [0.25, 0.3) is 33.0 Å². The molecular formula is C34H24BN. The van der Waals surface area contributed by atoms with Crippen molar-refractivity contribution in [2.45, 2.75) is 0 Å². The molecule has 2 radical (unpaired) electrons. The van der Waals surface area contributed by atoms with E-state index in [0.717, 1.165) is 33.7 Å². The number of anilines is 3. The molecule has 0 amide bonds. The predicted octanol–water partition coefficient (Wildman–Crippen LogP) is 8.44. The van der Waals surface area contributed by atoms with Crippen molar-refractivity contribution in [3.05, 3.63) is 146 Å². The molecule has 2 heteroatoms. The lowest BCUT2D eigenvalue weighted by molar-refractivity contribution is 1.29. The number of fused-ring (bicyclic) bond motifs is 1. The molecule has 0 unspecified atom stereocenters. The first-order chi connectivity index (χ1) is 17.7. The number of nitrogens with zero attached hydrogens (tertiary/aromatic N) is 1. The first-order valence-corrected chi connectivity index (χ1v) is 12.1. The van der Waals surface area contributed by atoms with Crippen LogP contribution < -0.4 is 10.4 Å². The first-order valence-electron chi connectivity index (χ1n) is 12.1. The Morgan fingerprint density at radius 3 is 1.72 bits per heavy atom. The molecule has 0 saturated heterocycles. The van der Waals surface area contributed by atoms with Crippen LogP contribution in [0.1, 0.15) is 0 Å². The molecule has 0 fully saturated rings. The third-order valence-electron chi connectivity index (χ3n) is 6.55. The molecule has 36 heavy (non-hydrogen) atoms. The molecule has 6 aromatic rings. The van der Waals surface area contributed by atoms with Crippen molar-refractivity contribution >= 4 is 41.1 Å². The number of benzene rings is 6. The van der Waals surface area contributed by atoms with Crippen molar-refractivity contribution in [2.75, 3.05) is 4.90 Å². The van der Waals surface area contributed by atoms with Gasteiger partial charge in [0.05, 0.1) is 0 Å². The average Bonchev–Trinajstić information content (AvgIpc) is 2.94. The average molecular weight is 457 g/mol. The lowest BCUT2D eigenvalue weighted by Crippen LogP contribution is -2.10. The Hall–Kier alpha value is -4.56. The Morgan fingerprint density at radius 2 is 0.944 bits per heavy atom. The molecular weight excluding hydrogens is 433 g/mol. The van der Waals surface area contributed by atoms with Crippen molar-refractivity contribution in [3.63, 3.8) is 0 Å². The smallest absolute Gasteiger partial charge is 0.113 e. The zero-order valence-electron chi connectivity index (χ0n) is 19.9. The molecule has 0 heterocycles. The lowest BCUT2D eigenvalue weighted by atomic mass is 9.92. The van der Waals surface area contributed by atoms with Gasteiger partial charge < -0.3 is 4.90 Å². The SMILES string of the molecule is [B]c1cccc(-c2cccc(N(c3ccc(-c4ccccc4)cc3)c3ccc4ccccc4c3)c2)c1. The summed E-state index contributed by atoms with van der Waals surface area (Å²) >= 11 is 0. The maximum Gasteiger partial charge on any atom is 0.113 e. The first kappa shape index (κ1) is 21.9. The quantitative estimate of drug-likeness (QED) is 0.235. The van der Waals surface area contributed by atoms with Gasteiger partial charge in [0.15, 0.2) is 0 Å². The Kier molecular flexibility index (Phi) is 5.85. The zero-order valence-corrected chi connectivity index (χ0v) is 19.9. The largest absolute Gasteiger partial charge is 0.310 e. The van der Waals surface area contributed by atoms with Gasteiger partial charge in [0, 0.05) is 17.1 Å². The number of hydrogen-bond donors (Lipinski definition) is 0. The van der Waals surface area contributed by atoms with E-state index in [0.29, 0.717) is 0 Å². The van der Waals surface area contributed by atoms with Crippen LogP contribution in [0, 0.1) is 0 Å². The lowest BCUT2D eigenvalue weighted by Gasteiger charge is -2.26. The number of rotatable bonds is 5. The van der Waals surface area contributed by atoms with Gasteiger partial charge in [-0.25, -0.2) is 0 Å². The van der Waals surface area contributed by atoms with E-state index in [9.17, 15) is 0 Å². The topological polar surface area (TPSA) is 3.24 Å². The molecule has 0 spiro atoms. The maximum atomic E-state index is 6.08. The van der Waals surface area contributed by atoms with Crippen LogP contribution in [-0.4, -0.2) is 7.85 Å². The van der Waals surface area contributed by atoms with E-state index in [1.807, 2.05) is 24.3 Å². The number of hydrogen-bond acceptors (Lipinski definition) is 1. The monoisotopic (exact) mass is 457 g/mol. The second kappa shape index (κ2) is 9.60. The van der Waals surface area contributed by atoms with E-state index in [4.69, 9.17) is 7.85 Å². The molecule has 0 aliphatic heterocycles. The third kappa shape index (κ3) is 4.42. The van der Waals surface area contributed by atoms with Crippen LogP contribution in [0.3, 0.4) is 0 Å². The fraction of sp³-hybridized carbons (Fsp3) is 0. The van der Waals surface area contributed by atoms with E-state index in [1.165, 1.54) is 21.9 Å². The third-order valence-corrected chi connectivity index (χ3v) is 6.55. The Morgan fingerprint density at radius 1 is 0.361 bits per heavy atom. The second-order valence-corrected chi connectivity index (χ2v) is 8.96. The Balaban J connectivity index is 1.48. The van der Waals surface area contributed by atoms with Crippen LogP contribution >= 0.6 is 0 Å². The molecule has 0 aromatic heterocycles. The van der Waals surface area contributed by atoms with Crippen LogP contribution in [0.2, 0.25) is 0 Å². The van der Waals surface area contributed by atoms with Crippen LogP contribution in [0.15, 0.2) is 146 Å². The fourth-order valence-electron chi connectivity index (χ4n) is 4.74. The minimum Gasteiger partial charge on any atom is -0.310 e. The van der Waals surface area contributed by atoms with Gasteiger partial charge in [-0.05, 0) is 69.4 Å². The zero-order chi connectivity index (χ0) is 24.3. The molecule has 1 nitrogen and oxygen atoms in total. The van der Waals surface area contributed by atoms with E-state index < -0.39 is 0 Å². The normalized spacial score (nSPS) is 10.9. The summed E-state index contributed by atoms with van der Waals surface area (Å²) in [4.78, 5) is 2.32. The summed E-state index contributed by atoms with van der Waals surface area (Å²) in [7, 11) is 6.08. The summed E-state index contributed by atoms with van der Waals surface area (Å²) in [6, 6.07) is 51.1. The predicted molar refractivity (Wildman–Crippen MR) is 155 cm³/mol. The molecule has 0 aliphatic carbocycles. The van der Waals surface area contributed by atoms with Gasteiger partial charge in [-0.15, -0.1) is 0 Å². The van der Waals surface area contributed by atoms with Gasteiger partial charge in [0.2, 0.25) is 0 Å². The Bertz CT molecular complexity index is 1640. The molecule has 0 atom stereocenters. The van der Waals surface area contributed by atoms with Crippen LogP contribution in [0.4, 0.5) is 17.1 Å². The van der Waals surface area contributed by atoms with E-state index in [2.05, 4.69) is 126 Å².